The Hall–Kier alpha value is 0.690. The summed E-state index contributed by atoms with van der Waals surface area (Å²) in [6.45, 7) is 0. The highest BCUT2D eigenvalue weighted by Crippen LogP contribution is 2.19. The highest BCUT2D eigenvalue weighted by molar-refractivity contribution is 14.1. The van der Waals surface area contributed by atoms with Gasteiger partial charge in [0, 0.05) is 0 Å². The van der Waals surface area contributed by atoms with Gasteiger partial charge < -0.3 is 3.07 Å². The molecule has 1 saturated carbocycles. The highest BCUT2D eigenvalue weighted by atomic mass is 127. The summed E-state index contributed by atoms with van der Waals surface area (Å²) in [5.41, 5.74) is 0. The Labute approximate surface area is 103 Å². The molecule has 1 aliphatic rings. The van der Waals surface area contributed by atoms with Gasteiger partial charge >= 0.3 is 0 Å². The highest BCUT2D eigenvalue weighted by Gasteiger charge is 2.08. The Morgan fingerprint density at radius 2 is 1.00 bits per heavy atom. The Kier molecular flexibility index (Phi) is 8.16. The Morgan fingerprint density at radius 3 is 1.36 bits per heavy atom. The number of hydrogen-bond acceptors (Lipinski definition) is 1. The fourth-order valence-corrected chi connectivity index (χ4v) is 2.72. The van der Waals surface area contributed by atoms with E-state index in [1.165, 1.54) is 70.6 Å². The van der Waals surface area contributed by atoms with Gasteiger partial charge in [-0.1, -0.05) is 57.8 Å². The van der Waals surface area contributed by atoms with E-state index in [-0.39, 0.29) is 0 Å². The molecule has 0 N–H and O–H groups in total. The van der Waals surface area contributed by atoms with Crippen LogP contribution in [-0.4, -0.2) is 6.10 Å². The van der Waals surface area contributed by atoms with Crippen molar-refractivity contribution in [2.45, 2.75) is 76.7 Å². The van der Waals surface area contributed by atoms with E-state index in [0.29, 0.717) is 6.10 Å². The quantitative estimate of drug-likeness (QED) is 0.617. The van der Waals surface area contributed by atoms with Crippen LogP contribution >= 0.6 is 23.0 Å². The van der Waals surface area contributed by atoms with E-state index >= 15 is 0 Å². The molecule has 14 heavy (non-hydrogen) atoms. The normalized spacial score (nSPS) is 23.8. The third-order valence-corrected chi connectivity index (χ3v) is 3.90. The Balaban J connectivity index is 2.17. The average Bonchev–Trinajstić information content (AvgIpc) is 2.19. The van der Waals surface area contributed by atoms with Crippen LogP contribution in [0.25, 0.3) is 0 Å². The van der Waals surface area contributed by atoms with Gasteiger partial charge in [-0.05, 0) is 12.8 Å². The number of halogens is 1. The lowest BCUT2D eigenvalue weighted by Gasteiger charge is -2.14. The Morgan fingerprint density at radius 1 is 0.643 bits per heavy atom. The van der Waals surface area contributed by atoms with E-state index in [9.17, 15) is 0 Å². The molecular weight excluding hydrogens is 287 g/mol. The van der Waals surface area contributed by atoms with Gasteiger partial charge in [-0.3, -0.25) is 0 Å². The minimum absolute atomic E-state index is 0.537. The first-order chi connectivity index (χ1) is 6.93. The molecule has 0 saturated heterocycles. The van der Waals surface area contributed by atoms with Crippen LogP contribution in [0.1, 0.15) is 70.6 Å². The van der Waals surface area contributed by atoms with Crippen molar-refractivity contribution >= 4 is 23.0 Å². The molecule has 0 aliphatic heterocycles. The zero-order valence-corrected chi connectivity index (χ0v) is 11.3. The summed E-state index contributed by atoms with van der Waals surface area (Å²) in [7, 11) is 0. The summed E-state index contributed by atoms with van der Waals surface area (Å²) in [5, 5.41) is 0. The molecule has 0 aromatic carbocycles. The van der Waals surface area contributed by atoms with Crippen molar-refractivity contribution in [3.05, 3.63) is 0 Å². The van der Waals surface area contributed by atoms with Crippen molar-refractivity contribution in [2.24, 2.45) is 0 Å². The molecule has 0 aromatic heterocycles. The zero-order chi connectivity index (χ0) is 10.1. The predicted octanol–water partition coefficient (Wildman–Crippen LogP) is 5.03. The summed E-state index contributed by atoms with van der Waals surface area (Å²) in [4.78, 5) is 0. The van der Waals surface area contributed by atoms with E-state index in [4.69, 9.17) is 3.07 Å². The molecule has 84 valence electrons. The van der Waals surface area contributed by atoms with Crippen molar-refractivity contribution in [1.82, 2.24) is 0 Å². The van der Waals surface area contributed by atoms with Gasteiger partial charge in [-0.15, -0.1) is 0 Å². The van der Waals surface area contributed by atoms with Gasteiger partial charge in [-0.25, -0.2) is 0 Å². The molecule has 0 unspecified atom stereocenters. The second-order valence-electron chi connectivity index (χ2n) is 4.47. The van der Waals surface area contributed by atoms with Crippen molar-refractivity contribution < 1.29 is 3.07 Å². The Bertz CT molecular complexity index is 115. The molecule has 0 bridgehead atoms. The van der Waals surface area contributed by atoms with E-state index in [1.807, 2.05) is 0 Å². The van der Waals surface area contributed by atoms with E-state index in [0.717, 1.165) is 0 Å². The molecule has 0 radical (unpaired) electrons. The monoisotopic (exact) mass is 310 g/mol. The molecule has 0 atom stereocenters. The molecular formula is C12H23IO. The van der Waals surface area contributed by atoms with Crippen LogP contribution in [0.2, 0.25) is 0 Å². The molecule has 0 aromatic rings. The van der Waals surface area contributed by atoms with Gasteiger partial charge in [0.2, 0.25) is 0 Å². The predicted molar refractivity (Wildman–Crippen MR) is 69.7 cm³/mol. The summed E-state index contributed by atoms with van der Waals surface area (Å²) >= 11 is 2.08. The van der Waals surface area contributed by atoms with Crippen molar-refractivity contribution in [2.75, 3.05) is 0 Å². The minimum Gasteiger partial charge on any atom is -0.312 e. The van der Waals surface area contributed by atoms with Crippen LogP contribution in [0, 0.1) is 0 Å². The maximum absolute atomic E-state index is 5.47. The molecule has 1 rings (SSSR count). The summed E-state index contributed by atoms with van der Waals surface area (Å²) in [6.07, 6.45) is 15.9. The molecule has 2 heteroatoms. The second-order valence-corrected chi connectivity index (χ2v) is 4.98. The maximum atomic E-state index is 5.47. The summed E-state index contributed by atoms with van der Waals surface area (Å²) < 4.78 is 5.47. The lowest BCUT2D eigenvalue weighted by atomic mass is 10.00. The van der Waals surface area contributed by atoms with Crippen LogP contribution in [-0.2, 0) is 3.07 Å². The van der Waals surface area contributed by atoms with Crippen LogP contribution in [0.4, 0.5) is 0 Å². The van der Waals surface area contributed by atoms with Crippen molar-refractivity contribution in [1.29, 1.82) is 0 Å². The standard InChI is InChI=1S/C12H23IO/c13-14-12-10-8-6-4-2-1-3-5-7-9-11-12/h12H,1-11H2. The molecule has 1 nitrogen and oxygen atoms in total. The first-order valence-electron chi connectivity index (χ1n) is 6.21. The zero-order valence-electron chi connectivity index (χ0n) is 9.14. The molecule has 0 amide bonds. The number of rotatable bonds is 1. The lowest BCUT2D eigenvalue weighted by molar-refractivity contribution is 0.238. The van der Waals surface area contributed by atoms with Gasteiger partial charge in [-0.2, -0.15) is 0 Å². The van der Waals surface area contributed by atoms with Crippen LogP contribution < -0.4 is 0 Å². The fourth-order valence-electron chi connectivity index (χ4n) is 2.21. The largest absolute Gasteiger partial charge is 0.312 e. The van der Waals surface area contributed by atoms with Gasteiger partial charge in [0.15, 0.2) is 0 Å². The first-order valence-corrected chi connectivity index (χ1v) is 7.09. The SMILES string of the molecule is IOC1CCCCCCCCCCC1. The molecule has 1 aliphatic carbocycles. The minimum atomic E-state index is 0.537. The summed E-state index contributed by atoms with van der Waals surface area (Å²) in [6, 6.07) is 0. The van der Waals surface area contributed by atoms with Gasteiger partial charge in [0.1, 0.15) is 23.0 Å². The van der Waals surface area contributed by atoms with Gasteiger partial charge in [0.05, 0.1) is 6.10 Å². The average molecular weight is 310 g/mol. The second kappa shape index (κ2) is 8.96. The molecule has 0 heterocycles. The third-order valence-electron chi connectivity index (χ3n) is 3.18. The van der Waals surface area contributed by atoms with Crippen molar-refractivity contribution in [3.8, 4) is 0 Å². The first kappa shape index (κ1) is 12.8. The van der Waals surface area contributed by atoms with Crippen LogP contribution in [0.5, 0.6) is 0 Å². The van der Waals surface area contributed by atoms with E-state index in [2.05, 4.69) is 23.0 Å². The topological polar surface area (TPSA) is 9.23 Å². The summed E-state index contributed by atoms with van der Waals surface area (Å²) in [5.74, 6) is 0. The van der Waals surface area contributed by atoms with Gasteiger partial charge in [0.25, 0.3) is 0 Å². The fraction of sp³-hybridized carbons (Fsp3) is 1.00. The van der Waals surface area contributed by atoms with Crippen LogP contribution in [0.15, 0.2) is 0 Å². The maximum Gasteiger partial charge on any atom is 0.110 e. The molecule has 1 fully saturated rings. The van der Waals surface area contributed by atoms with E-state index < -0.39 is 0 Å². The molecule has 0 spiro atoms. The lowest BCUT2D eigenvalue weighted by Crippen LogP contribution is -2.07. The van der Waals surface area contributed by atoms with Crippen molar-refractivity contribution in [3.63, 3.8) is 0 Å². The van der Waals surface area contributed by atoms with Crippen LogP contribution in [0.3, 0.4) is 0 Å². The third kappa shape index (κ3) is 6.23. The number of hydrogen-bond donors (Lipinski definition) is 0. The van der Waals surface area contributed by atoms with E-state index in [1.54, 1.807) is 0 Å². The smallest absolute Gasteiger partial charge is 0.110 e.